The number of hydrogen-bond acceptors (Lipinski definition) is 5. The predicted octanol–water partition coefficient (Wildman–Crippen LogP) is 2.42. The molecule has 2 aromatic rings. The summed E-state index contributed by atoms with van der Waals surface area (Å²) in [5, 5.41) is 8.56. The first kappa shape index (κ1) is 15.7. The summed E-state index contributed by atoms with van der Waals surface area (Å²) in [6, 6.07) is 0. The summed E-state index contributed by atoms with van der Waals surface area (Å²) in [4.78, 5) is 11.6. The summed E-state index contributed by atoms with van der Waals surface area (Å²) in [6.07, 6.45) is 2.90. The minimum absolute atomic E-state index is 0.128. The quantitative estimate of drug-likeness (QED) is 0.885. The van der Waals surface area contributed by atoms with Gasteiger partial charge in [-0.05, 0) is 34.2 Å². The Bertz CT molecular complexity index is 616. The van der Waals surface area contributed by atoms with E-state index in [2.05, 4.69) is 60.0 Å². The van der Waals surface area contributed by atoms with Crippen LogP contribution in [0, 0.1) is 0 Å². The van der Waals surface area contributed by atoms with Gasteiger partial charge in [-0.15, -0.1) is 0 Å². The molecule has 0 aromatic carbocycles. The lowest BCUT2D eigenvalue weighted by molar-refractivity contribution is 0.139. The largest absolute Gasteiger partial charge is 0.370 e. The first-order chi connectivity index (χ1) is 9.89. The monoisotopic (exact) mass is 290 g/mol. The molecule has 21 heavy (non-hydrogen) atoms. The lowest BCUT2D eigenvalue weighted by Crippen LogP contribution is -2.40. The Hall–Kier alpha value is -1.69. The molecule has 0 amide bonds. The molecule has 0 unspecified atom stereocenters. The maximum Gasteiger partial charge on any atom is 0.163 e. The number of aryl methyl sites for hydroxylation is 1. The third-order valence-electron chi connectivity index (χ3n) is 4.26. The normalized spacial score (nSPS) is 12.3. The average molecular weight is 290 g/mol. The molecule has 1 N–H and O–H groups in total. The van der Waals surface area contributed by atoms with Crippen molar-refractivity contribution in [3.63, 3.8) is 0 Å². The summed E-state index contributed by atoms with van der Waals surface area (Å²) < 4.78 is 1.80. The molecule has 2 aromatic heterocycles. The minimum atomic E-state index is 0.128. The van der Waals surface area contributed by atoms with E-state index in [-0.39, 0.29) is 5.54 Å². The first-order valence-electron chi connectivity index (χ1n) is 7.52. The Labute approximate surface area is 126 Å². The first-order valence-corrected chi connectivity index (χ1v) is 7.52. The lowest BCUT2D eigenvalue weighted by Gasteiger charge is -2.34. The van der Waals surface area contributed by atoms with Gasteiger partial charge in [-0.1, -0.05) is 6.92 Å². The van der Waals surface area contributed by atoms with Crippen LogP contribution < -0.4 is 5.32 Å². The van der Waals surface area contributed by atoms with E-state index in [0.29, 0.717) is 0 Å². The highest BCUT2D eigenvalue weighted by atomic mass is 15.3. The molecule has 0 radical (unpaired) electrons. The van der Waals surface area contributed by atoms with E-state index in [1.54, 1.807) is 4.68 Å². The molecule has 0 aliphatic rings. The van der Waals surface area contributed by atoms with Crippen molar-refractivity contribution in [1.82, 2.24) is 24.6 Å². The third-order valence-corrected chi connectivity index (χ3v) is 4.26. The number of anilines is 1. The molecule has 6 heteroatoms. The Morgan fingerprint density at radius 2 is 2.00 bits per heavy atom. The Morgan fingerprint density at radius 1 is 1.29 bits per heavy atom. The van der Waals surface area contributed by atoms with Crippen molar-refractivity contribution in [3.8, 4) is 0 Å². The number of fused-ring (bicyclic) bond motifs is 1. The number of hydrogen-bond donors (Lipinski definition) is 1. The van der Waals surface area contributed by atoms with Gasteiger partial charge in [0.05, 0.1) is 18.1 Å². The van der Waals surface area contributed by atoms with E-state index in [4.69, 9.17) is 0 Å². The summed E-state index contributed by atoms with van der Waals surface area (Å²) >= 11 is 0. The number of nitrogens with one attached hydrogen (secondary N) is 1. The van der Waals surface area contributed by atoms with Gasteiger partial charge in [-0.2, -0.15) is 5.10 Å². The van der Waals surface area contributed by atoms with Gasteiger partial charge < -0.3 is 5.32 Å². The fourth-order valence-electron chi connectivity index (χ4n) is 2.14. The van der Waals surface area contributed by atoms with E-state index >= 15 is 0 Å². The molecule has 2 heterocycles. The van der Waals surface area contributed by atoms with Crippen LogP contribution in [0.15, 0.2) is 6.20 Å². The molecule has 0 fully saturated rings. The maximum atomic E-state index is 4.67. The van der Waals surface area contributed by atoms with Crippen LogP contribution in [0.4, 0.5) is 5.82 Å². The van der Waals surface area contributed by atoms with E-state index in [1.807, 2.05) is 13.2 Å². The van der Waals surface area contributed by atoms with E-state index in [9.17, 15) is 0 Å². The minimum Gasteiger partial charge on any atom is -0.370 e. The van der Waals surface area contributed by atoms with Crippen LogP contribution >= 0.6 is 0 Å². The molecule has 0 saturated heterocycles. The van der Waals surface area contributed by atoms with Crippen molar-refractivity contribution in [2.45, 2.75) is 46.2 Å². The van der Waals surface area contributed by atoms with Gasteiger partial charge in [-0.25, -0.2) is 9.97 Å². The summed E-state index contributed by atoms with van der Waals surface area (Å²) in [6.45, 7) is 10.3. The van der Waals surface area contributed by atoms with Crippen LogP contribution in [-0.2, 0) is 13.6 Å². The molecule has 0 aliphatic heterocycles. The van der Waals surface area contributed by atoms with Crippen LogP contribution in [0.25, 0.3) is 11.0 Å². The number of aromatic nitrogens is 4. The molecule has 116 valence electrons. The van der Waals surface area contributed by atoms with Crippen molar-refractivity contribution in [3.05, 3.63) is 12.0 Å². The fourth-order valence-corrected chi connectivity index (χ4v) is 2.14. The molecule has 0 saturated carbocycles. The Kier molecular flexibility index (Phi) is 4.46. The van der Waals surface area contributed by atoms with Crippen LogP contribution in [0.5, 0.6) is 0 Å². The fraction of sp³-hybridized carbons (Fsp3) is 0.667. The topological polar surface area (TPSA) is 58.9 Å². The zero-order valence-electron chi connectivity index (χ0n) is 13.9. The van der Waals surface area contributed by atoms with Gasteiger partial charge in [0.25, 0.3) is 0 Å². The predicted molar refractivity (Wildman–Crippen MR) is 86.3 cm³/mol. The maximum absolute atomic E-state index is 4.67. The van der Waals surface area contributed by atoms with Crippen molar-refractivity contribution < 1.29 is 0 Å². The standard InChI is InChI=1S/C15H26N6/c1-7-15(3,4)20(5)10-12-18-13(16-8-2)11-9-17-21(6)14(11)19-12/h9H,7-8,10H2,1-6H3,(H,16,18,19). The molecular weight excluding hydrogens is 264 g/mol. The second-order valence-electron chi connectivity index (χ2n) is 6.05. The van der Waals surface area contributed by atoms with Gasteiger partial charge in [0.1, 0.15) is 11.6 Å². The van der Waals surface area contributed by atoms with Crippen molar-refractivity contribution in [2.24, 2.45) is 7.05 Å². The van der Waals surface area contributed by atoms with E-state index in [1.165, 1.54) is 0 Å². The third kappa shape index (κ3) is 3.15. The van der Waals surface area contributed by atoms with Crippen LogP contribution in [0.1, 0.15) is 39.9 Å². The van der Waals surface area contributed by atoms with Gasteiger partial charge in [-0.3, -0.25) is 9.58 Å². The van der Waals surface area contributed by atoms with Gasteiger partial charge >= 0.3 is 0 Å². The van der Waals surface area contributed by atoms with Gasteiger partial charge in [0.15, 0.2) is 5.65 Å². The lowest BCUT2D eigenvalue weighted by atomic mass is 10.0. The van der Waals surface area contributed by atoms with E-state index < -0.39 is 0 Å². The van der Waals surface area contributed by atoms with Crippen molar-refractivity contribution in [1.29, 1.82) is 0 Å². The molecule has 2 rings (SSSR count). The molecule has 0 bridgehead atoms. The summed E-state index contributed by atoms with van der Waals surface area (Å²) in [5.74, 6) is 1.69. The molecular formula is C15H26N6. The smallest absolute Gasteiger partial charge is 0.163 e. The zero-order valence-corrected chi connectivity index (χ0v) is 13.9. The van der Waals surface area contributed by atoms with Gasteiger partial charge in [0, 0.05) is 19.1 Å². The summed E-state index contributed by atoms with van der Waals surface area (Å²) in [5.41, 5.74) is 1.00. The van der Waals surface area contributed by atoms with Crippen LogP contribution in [0.3, 0.4) is 0 Å². The number of nitrogens with zero attached hydrogens (tertiary/aromatic N) is 5. The highest BCUT2D eigenvalue weighted by molar-refractivity contribution is 5.86. The van der Waals surface area contributed by atoms with Crippen LogP contribution in [0.2, 0.25) is 0 Å². The SMILES string of the molecule is CCNc1nc(CN(C)C(C)(C)CC)nc2c1cnn2C. The summed E-state index contributed by atoms with van der Waals surface area (Å²) in [7, 11) is 4.03. The highest BCUT2D eigenvalue weighted by Crippen LogP contribution is 2.22. The molecule has 0 spiro atoms. The van der Waals surface area contributed by atoms with Crippen molar-refractivity contribution >= 4 is 16.9 Å². The second-order valence-corrected chi connectivity index (χ2v) is 6.05. The van der Waals surface area contributed by atoms with E-state index in [0.717, 1.165) is 42.2 Å². The Balaban J connectivity index is 2.38. The van der Waals surface area contributed by atoms with Crippen LogP contribution in [-0.4, -0.2) is 43.8 Å². The molecule has 6 nitrogen and oxygen atoms in total. The molecule has 0 atom stereocenters. The second kappa shape index (κ2) is 5.97. The zero-order chi connectivity index (χ0) is 15.6. The van der Waals surface area contributed by atoms with Gasteiger partial charge in [0.2, 0.25) is 0 Å². The Morgan fingerprint density at radius 3 is 2.62 bits per heavy atom. The van der Waals surface area contributed by atoms with Crippen molar-refractivity contribution in [2.75, 3.05) is 18.9 Å². The highest BCUT2D eigenvalue weighted by Gasteiger charge is 2.22. The number of rotatable bonds is 6. The average Bonchev–Trinajstić information content (AvgIpc) is 2.81. The molecule has 0 aliphatic carbocycles.